The van der Waals surface area contributed by atoms with E-state index in [1.165, 1.54) is 0 Å². The van der Waals surface area contributed by atoms with Crippen LogP contribution in [0.1, 0.15) is 11.1 Å². The molecule has 148 valence electrons. The largest absolute Gasteiger partial charge is 0.329 e. The third kappa shape index (κ3) is 3.88. The number of hydrazone groups is 1. The maximum atomic E-state index is 12.2. The summed E-state index contributed by atoms with van der Waals surface area (Å²) >= 11 is 6.05. The molecule has 30 heavy (non-hydrogen) atoms. The molecule has 0 aromatic heterocycles. The maximum Gasteiger partial charge on any atom is 0.329 e. The molecule has 2 N–H and O–H groups in total. The number of fused-ring (bicyclic) bond motifs is 2. The highest BCUT2D eigenvalue weighted by atomic mass is 35.5. The SMILES string of the molecule is Cc1c(Cl)cccc1NC(=O)C(=O)NN=Cc1c2ccccc2cc2ccccc12. The highest BCUT2D eigenvalue weighted by molar-refractivity contribution is 6.40. The van der Waals surface area contributed by atoms with Crippen LogP contribution in [0.4, 0.5) is 5.69 Å². The van der Waals surface area contributed by atoms with Crippen LogP contribution in [0, 0.1) is 6.92 Å². The van der Waals surface area contributed by atoms with Crippen molar-refractivity contribution in [3.05, 3.63) is 88.9 Å². The summed E-state index contributed by atoms with van der Waals surface area (Å²) in [6.07, 6.45) is 1.57. The zero-order valence-corrected chi connectivity index (χ0v) is 16.9. The van der Waals surface area contributed by atoms with E-state index in [-0.39, 0.29) is 0 Å². The number of carbonyl (C=O) groups is 2. The van der Waals surface area contributed by atoms with Crippen molar-refractivity contribution < 1.29 is 9.59 Å². The number of rotatable bonds is 3. The quantitative estimate of drug-likeness (QED) is 0.213. The first kappa shape index (κ1) is 19.6. The van der Waals surface area contributed by atoms with Gasteiger partial charge in [-0.2, -0.15) is 5.10 Å². The highest BCUT2D eigenvalue weighted by Crippen LogP contribution is 2.27. The van der Waals surface area contributed by atoms with E-state index in [4.69, 9.17) is 11.6 Å². The van der Waals surface area contributed by atoms with Crippen molar-refractivity contribution in [1.29, 1.82) is 0 Å². The predicted octanol–water partition coefficient (Wildman–Crippen LogP) is 5.04. The molecule has 0 saturated heterocycles. The molecular formula is C24H18ClN3O2. The Morgan fingerprint density at radius 1 is 0.867 bits per heavy atom. The third-order valence-corrected chi connectivity index (χ3v) is 5.30. The van der Waals surface area contributed by atoms with Crippen molar-refractivity contribution in [2.24, 2.45) is 5.10 Å². The van der Waals surface area contributed by atoms with Gasteiger partial charge in [-0.3, -0.25) is 9.59 Å². The van der Waals surface area contributed by atoms with E-state index in [0.717, 1.165) is 27.1 Å². The fraction of sp³-hybridized carbons (Fsp3) is 0.0417. The van der Waals surface area contributed by atoms with E-state index in [1.54, 1.807) is 31.3 Å². The van der Waals surface area contributed by atoms with Crippen LogP contribution in [0.25, 0.3) is 21.5 Å². The van der Waals surface area contributed by atoms with Crippen molar-refractivity contribution in [3.63, 3.8) is 0 Å². The van der Waals surface area contributed by atoms with Crippen molar-refractivity contribution in [3.8, 4) is 0 Å². The molecule has 4 aromatic carbocycles. The lowest BCUT2D eigenvalue weighted by Gasteiger charge is -2.09. The molecular weight excluding hydrogens is 398 g/mol. The van der Waals surface area contributed by atoms with E-state index in [1.807, 2.05) is 48.5 Å². The molecule has 0 spiro atoms. The van der Waals surface area contributed by atoms with Gasteiger partial charge < -0.3 is 5.32 Å². The van der Waals surface area contributed by atoms with Gasteiger partial charge in [0.05, 0.1) is 6.21 Å². The van der Waals surface area contributed by atoms with E-state index < -0.39 is 11.8 Å². The summed E-state index contributed by atoms with van der Waals surface area (Å²) in [6.45, 7) is 1.76. The first-order chi connectivity index (χ1) is 14.5. The van der Waals surface area contributed by atoms with Crippen LogP contribution in [0.15, 0.2) is 77.9 Å². The lowest BCUT2D eigenvalue weighted by molar-refractivity contribution is -0.136. The Kier molecular flexibility index (Phi) is 5.46. The Bertz CT molecular complexity index is 1260. The van der Waals surface area contributed by atoms with Gasteiger partial charge in [-0.1, -0.05) is 66.2 Å². The third-order valence-electron chi connectivity index (χ3n) is 4.89. The Balaban J connectivity index is 1.56. The van der Waals surface area contributed by atoms with Crippen LogP contribution in [0.5, 0.6) is 0 Å². The van der Waals surface area contributed by atoms with E-state index in [2.05, 4.69) is 21.9 Å². The summed E-state index contributed by atoms with van der Waals surface area (Å²) in [5.41, 5.74) is 4.34. The van der Waals surface area contributed by atoms with Crippen molar-refractivity contribution in [1.82, 2.24) is 5.43 Å². The van der Waals surface area contributed by atoms with Crippen molar-refractivity contribution in [2.45, 2.75) is 6.92 Å². The molecule has 6 heteroatoms. The summed E-state index contributed by atoms with van der Waals surface area (Å²) in [6, 6.07) is 23.1. The molecule has 0 radical (unpaired) electrons. The van der Waals surface area contributed by atoms with Gasteiger partial charge in [0, 0.05) is 16.3 Å². The van der Waals surface area contributed by atoms with Crippen LogP contribution in [-0.2, 0) is 9.59 Å². The molecule has 2 amide bonds. The molecule has 0 unspecified atom stereocenters. The summed E-state index contributed by atoms with van der Waals surface area (Å²) in [5, 5.41) is 11.2. The molecule has 0 atom stereocenters. The second-order valence-electron chi connectivity index (χ2n) is 6.80. The second kappa shape index (κ2) is 8.35. The standard InChI is InChI=1S/C24H18ClN3O2/c1-15-21(25)11-6-12-22(15)27-23(29)24(30)28-26-14-20-18-9-4-2-7-16(18)13-17-8-3-5-10-19(17)20/h2-14H,1H3,(H,27,29)(H,28,30). The summed E-state index contributed by atoms with van der Waals surface area (Å²) < 4.78 is 0. The fourth-order valence-corrected chi connectivity index (χ4v) is 3.49. The highest BCUT2D eigenvalue weighted by Gasteiger charge is 2.15. The van der Waals surface area contributed by atoms with E-state index in [9.17, 15) is 9.59 Å². The van der Waals surface area contributed by atoms with Gasteiger partial charge in [-0.05, 0) is 52.2 Å². The average Bonchev–Trinajstić information content (AvgIpc) is 2.76. The molecule has 4 rings (SSSR count). The van der Waals surface area contributed by atoms with Crippen LogP contribution in [0.3, 0.4) is 0 Å². The Morgan fingerprint density at radius 3 is 2.17 bits per heavy atom. The first-order valence-corrected chi connectivity index (χ1v) is 9.72. The Hall–Kier alpha value is -3.70. The number of halogens is 1. The van der Waals surface area contributed by atoms with Gasteiger partial charge >= 0.3 is 11.8 Å². The molecule has 0 aliphatic carbocycles. The minimum Gasteiger partial charge on any atom is -0.317 e. The Labute approximate surface area is 178 Å². The average molecular weight is 416 g/mol. The maximum absolute atomic E-state index is 12.2. The normalized spacial score (nSPS) is 11.1. The molecule has 0 aliphatic rings. The van der Waals surface area contributed by atoms with Gasteiger partial charge in [0.15, 0.2) is 0 Å². The van der Waals surface area contributed by atoms with Gasteiger partial charge in [0.1, 0.15) is 0 Å². The van der Waals surface area contributed by atoms with Gasteiger partial charge in [0.25, 0.3) is 0 Å². The lowest BCUT2D eigenvalue weighted by atomic mass is 9.97. The topological polar surface area (TPSA) is 70.6 Å². The summed E-state index contributed by atoms with van der Waals surface area (Å²) in [5.74, 6) is -1.68. The van der Waals surface area contributed by atoms with Crippen LogP contribution in [0.2, 0.25) is 5.02 Å². The number of benzene rings is 4. The number of hydrogen-bond acceptors (Lipinski definition) is 3. The molecule has 0 saturated carbocycles. The minimum atomic E-state index is -0.866. The number of nitrogens with zero attached hydrogens (tertiary/aromatic N) is 1. The van der Waals surface area contributed by atoms with Gasteiger partial charge in [-0.15, -0.1) is 0 Å². The molecule has 5 nitrogen and oxygen atoms in total. The predicted molar refractivity (Wildman–Crippen MR) is 122 cm³/mol. The summed E-state index contributed by atoms with van der Waals surface area (Å²) in [7, 11) is 0. The fourth-order valence-electron chi connectivity index (χ4n) is 3.32. The smallest absolute Gasteiger partial charge is 0.317 e. The number of nitrogens with one attached hydrogen (secondary N) is 2. The van der Waals surface area contributed by atoms with Gasteiger partial charge in [-0.25, -0.2) is 5.43 Å². The molecule has 0 aliphatic heterocycles. The number of carbonyl (C=O) groups excluding carboxylic acids is 2. The van der Waals surface area contributed by atoms with Gasteiger partial charge in [0.2, 0.25) is 0 Å². The lowest BCUT2D eigenvalue weighted by Crippen LogP contribution is -2.32. The first-order valence-electron chi connectivity index (χ1n) is 9.34. The second-order valence-corrected chi connectivity index (χ2v) is 7.21. The number of hydrogen-bond donors (Lipinski definition) is 2. The molecule has 0 fully saturated rings. The zero-order valence-electron chi connectivity index (χ0n) is 16.1. The Morgan fingerprint density at radius 2 is 1.50 bits per heavy atom. The monoisotopic (exact) mass is 415 g/mol. The number of amides is 2. The molecule has 4 aromatic rings. The minimum absolute atomic E-state index is 0.478. The van der Waals surface area contributed by atoms with E-state index in [0.29, 0.717) is 16.3 Å². The van der Waals surface area contributed by atoms with Crippen LogP contribution < -0.4 is 10.7 Å². The van der Waals surface area contributed by atoms with Crippen molar-refractivity contribution in [2.75, 3.05) is 5.32 Å². The molecule has 0 bridgehead atoms. The van der Waals surface area contributed by atoms with Crippen LogP contribution >= 0.6 is 11.6 Å². The van der Waals surface area contributed by atoms with Crippen molar-refractivity contribution >= 4 is 56.9 Å². The van der Waals surface area contributed by atoms with E-state index >= 15 is 0 Å². The summed E-state index contributed by atoms with van der Waals surface area (Å²) in [4.78, 5) is 24.4. The molecule has 0 heterocycles. The zero-order chi connectivity index (χ0) is 21.1. The number of anilines is 1. The van der Waals surface area contributed by atoms with Crippen LogP contribution in [-0.4, -0.2) is 18.0 Å².